The Morgan fingerprint density at radius 2 is 2.00 bits per heavy atom. The normalized spacial score (nSPS) is 15.0. The van der Waals surface area contributed by atoms with E-state index in [0.29, 0.717) is 24.5 Å². The average molecular weight is 365 g/mol. The van der Waals surface area contributed by atoms with Crippen LogP contribution in [0.25, 0.3) is 0 Å². The van der Waals surface area contributed by atoms with Crippen molar-refractivity contribution in [2.24, 2.45) is 0 Å². The van der Waals surface area contributed by atoms with E-state index in [0.717, 1.165) is 43.6 Å². The molecule has 2 heterocycles. The van der Waals surface area contributed by atoms with Gasteiger partial charge in [-0.1, -0.05) is 38.1 Å². The molecule has 0 saturated carbocycles. The standard InChI is InChI=1S/C21H27N5O/c1-3-18-19(11-22)21(25-24-20(18)4-2)23-12-17(27)14-26-10-9-15-7-5-6-8-16(15)13-26/h5-8,17,27H,3-4,9-10,12-14H2,1-2H3,(H,23,25). The van der Waals surface area contributed by atoms with Gasteiger partial charge in [-0.15, -0.1) is 5.10 Å². The second kappa shape index (κ2) is 8.94. The molecule has 1 aliphatic heterocycles. The number of aliphatic hydroxyl groups is 1. The predicted molar refractivity (Wildman–Crippen MR) is 105 cm³/mol. The molecule has 0 spiro atoms. The minimum absolute atomic E-state index is 0.343. The Morgan fingerprint density at radius 1 is 1.22 bits per heavy atom. The van der Waals surface area contributed by atoms with Crippen LogP contribution in [-0.2, 0) is 25.8 Å². The Balaban J connectivity index is 1.60. The summed E-state index contributed by atoms with van der Waals surface area (Å²) in [4.78, 5) is 2.27. The second-order valence-corrected chi connectivity index (χ2v) is 6.96. The first-order valence-corrected chi connectivity index (χ1v) is 9.65. The highest BCUT2D eigenvalue weighted by Crippen LogP contribution is 2.21. The molecule has 1 aliphatic rings. The van der Waals surface area contributed by atoms with Crippen LogP contribution in [0.2, 0.25) is 0 Å². The lowest BCUT2D eigenvalue weighted by atomic mass is 10.00. The molecule has 0 radical (unpaired) electrons. The molecule has 6 nitrogen and oxygen atoms in total. The van der Waals surface area contributed by atoms with Crippen LogP contribution in [0.15, 0.2) is 24.3 Å². The van der Waals surface area contributed by atoms with Gasteiger partial charge in [0.25, 0.3) is 0 Å². The monoisotopic (exact) mass is 365 g/mol. The van der Waals surface area contributed by atoms with Gasteiger partial charge in [-0.25, -0.2) is 0 Å². The maximum absolute atomic E-state index is 10.5. The summed E-state index contributed by atoms with van der Waals surface area (Å²) in [7, 11) is 0. The number of β-amino-alcohol motifs (C(OH)–C–C–N with tert-alkyl or cyclic N) is 1. The molecular weight excluding hydrogens is 338 g/mol. The van der Waals surface area contributed by atoms with Crippen molar-refractivity contribution < 1.29 is 5.11 Å². The van der Waals surface area contributed by atoms with Crippen LogP contribution in [0.1, 0.15) is 41.8 Å². The van der Waals surface area contributed by atoms with Crippen LogP contribution in [0, 0.1) is 11.3 Å². The molecular formula is C21H27N5O. The molecule has 2 N–H and O–H groups in total. The van der Waals surface area contributed by atoms with Crippen molar-refractivity contribution in [3.8, 4) is 6.07 Å². The number of hydrogen-bond acceptors (Lipinski definition) is 6. The number of nitrogens with zero attached hydrogens (tertiary/aromatic N) is 4. The van der Waals surface area contributed by atoms with E-state index in [-0.39, 0.29) is 0 Å². The molecule has 0 bridgehead atoms. The Bertz CT molecular complexity index is 830. The lowest BCUT2D eigenvalue weighted by molar-refractivity contribution is 0.114. The van der Waals surface area contributed by atoms with Crippen LogP contribution >= 0.6 is 0 Å². The highest BCUT2D eigenvalue weighted by atomic mass is 16.3. The topological polar surface area (TPSA) is 85.1 Å². The highest BCUT2D eigenvalue weighted by molar-refractivity contribution is 5.56. The number of aromatic nitrogens is 2. The molecule has 6 heteroatoms. The lowest BCUT2D eigenvalue weighted by Gasteiger charge is -2.30. The van der Waals surface area contributed by atoms with E-state index in [1.54, 1.807) is 0 Å². The van der Waals surface area contributed by atoms with Gasteiger partial charge < -0.3 is 10.4 Å². The fraction of sp³-hybridized carbons (Fsp3) is 0.476. The summed E-state index contributed by atoms with van der Waals surface area (Å²) >= 11 is 0. The Labute approximate surface area is 160 Å². The van der Waals surface area contributed by atoms with E-state index in [9.17, 15) is 10.4 Å². The Morgan fingerprint density at radius 3 is 2.70 bits per heavy atom. The summed E-state index contributed by atoms with van der Waals surface area (Å²) in [6, 6.07) is 10.7. The first-order valence-electron chi connectivity index (χ1n) is 9.65. The van der Waals surface area contributed by atoms with Gasteiger partial charge in [0.05, 0.1) is 11.8 Å². The predicted octanol–water partition coefficient (Wildman–Crippen LogP) is 2.30. The Hall–Kier alpha value is -2.49. The molecule has 0 fully saturated rings. The SMILES string of the molecule is CCc1nnc(NCC(O)CN2CCc3ccccc3C2)c(C#N)c1CC. The van der Waals surface area contributed by atoms with Crippen LogP contribution in [0.4, 0.5) is 5.82 Å². The third-order valence-electron chi connectivity index (χ3n) is 5.14. The van der Waals surface area contributed by atoms with Gasteiger partial charge in [0, 0.05) is 26.2 Å². The minimum Gasteiger partial charge on any atom is -0.390 e. The Kier molecular flexibility index (Phi) is 6.38. The summed E-state index contributed by atoms with van der Waals surface area (Å²) in [5.41, 5.74) is 5.10. The minimum atomic E-state index is -0.542. The zero-order valence-electron chi connectivity index (χ0n) is 16.1. The molecule has 1 unspecified atom stereocenters. The first-order chi connectivity index (χ1) is 13.2. The number of fused-ring (bicyclic) bond motifs is 1. The molecule has 2 aromatic rings. The number of anilines is 1. The summed E-state index contributed by atoms with van der Waals surface area (Å²) in [5, 5.41) is 31.5. The van der Waals surface area contributed by atoms with Gasteiger partial charge in [0.2, 0.25) is 0 Å². The van der Waals surface area contributed by atoms with Gasteiger partial charge in [-0.3, -0.25) is 4.90 Å². The number of nitriles is 1. The van der Waals surface area contributed by atoms with E-state index in [1.807, 2.05) is 13.8 Å². The van der Waals surface area contributed by atoms with Gasteiger partial charge in [-0.05, 0) is 36.0 Å². The lowest BCUT2D eigenvalue weighted by Crippen LogP contribution is -2.39. The molecule has 142 valence electrons. The van der Waals surface area contributed by atoms with Crippen LogP contribution < -0.4 is 5.32 Å². The third-order valence-corrected chi connectivity index (χ3v) is 5.14. The van der Waals surface area contributed by atoms with Crippen molar-refractivity contribution in [2.45, 2.75) is 45.8 Å². The molecule has 1 atom stereocenters. The highest BCUT2D eigenvalue weighted by Gasteiger charge is 2.19. The largest absolute Gasteiger partial charge is 0.390 e. The maximum atomic E-state index is 10.5. The fourth-order valence-corrected chi connectivity index (χ4v) is 3.70. The fourth-order valence-electron chi connectivity index (χ4n) is 3.70. The molecule has 1 aromatic carbocycles. The van der Waals surface area contributed by atoms with Crippen molar-refractivity contribution in [3.63, 3.8) is 0 Å². The van der Waals surface area contributed by atoms with Gasteiger partial charge in [-0.2, -0.15) is 10.4 Å². The summed E-state index contributed by atoms with van der Waals surface area (Å²) in [6.45, 7) is 6.77. The maximum Gasteiger partial charge on any atom is 0.167 e. The molecule has 0 saturated heterocycles. The van der Waals surface area contributed by atoms with Crippen molar-refractivity contribution in [1.82, 2.24) is 15.1 Å². The average Bonchev–Trinajstić information content (AvgIpc) is 2.71. The number of benzene rings is 1. The number of hydrogen-bond donors (Lipinski definition) is 2. The van der Waals surface area contributed by atoms with Crippen LogP contribution in [-0.4, -0.2) is 45.9 Å². The quantitative estimate of drug-likeness (QED) is 0.783. The van der Waals surface area contributed by atoms with E-state index >= 15 is 0 Å². The van der Waals surface area contributed by atoms with Crippen molar-refractivity contribution >= 4 is 5.82 Å². The molecule has 0 amide bonds. The van der Waals surface area contributed by atoms with E-state index in [2.05, 4.69) is 50.7 Å². The van der Waals surface area contributed by atoms with Gasteiger partial charge in [0.15, 0.2) is 5.82 Å². The smallest absolute Gasteiger partial charge is 0.167 e. The zero-order chi connectivity index (χ0) is 19.2. The molecule has 27 heavy (non-hydrogen) atoms. The van der Waals surface area contributed by atoms with Crippen LogP contribution in [0.3, 0.4) is 0 Å². The van der Waals surface area contributed by atoms with E-state index < -0.39 is 6.10 Å². The van der Waals surface area contributed by atoms with Gasteiger partial charge in [0.1, 0.15) is 11.6 Å². The third kappa shape index (κ3) is 4.44. The van der Waals surface area contributed by atoms with Crippen molar-refractivity contribution in [3.05, 3.63) is 52.2 Å². The molecule has 3 rings (SSSR count). The summed E-state index contributed by atoms with van der Waals surface area (Å²) in [5.74, 6) is 0.467. The van der Waals surface area contributed by atoms with Crippen molar-refractivity contribution in [1.29, 1.82) is 5.26 Å². The number of aryl methyl sites for hydroxylation is 1. The van der Waals surface area contributed by atoms with Crippen molar-refractivity contribution in [2.75, 3.05) is 25.0 Å². The summed E-state index contributed by atoms with van der Waals surface area (Å²) in [6.07, 6.45) is 1.97. The van der Waals surface area contributed by atoms with E-state index in [4.69, 9.17) is 0 Å². The van der Waals surface area contributed by atoms with E-state index in [1.165, 1.54) is 11.1 Å². The number of aliphatic hydroxyl groups excluding tert-OH is 1. The second-order valence-electron chi connectivity index (χ2n) is 6.96. The molecule has 1 aromatic heterocycles. The number of nitrogens with one attached hydrogen (secondary N) is 1. The van der Waals surface area contributed by atoms with Gasteiger partial charge >= 0.3 is 0 Å². The number of rotatable bonds is 7. The first kappa shape index (κ1) is 19.3. The zero-order valence-corrected chi connectivity index (χ0v) is 16.1. The van der Waals surface area contributed by atoms with Crippen LogP contribution in [0.5, 0.6) is 0 Å². The summed E-state index contributed by atoms with van der Waals surface area (Å²) < 4.78 is 0. The molecule has 0 aliphatic carbocycles.